The summed E-state index contributed by atoms with van der Waals surface area (Å²) < 4.78 is 11.9. The second-order valence-electron chi connectivity index (χ2n) is 6.65. The van der Waals surface area contributed by atoms with E-state index in [4.69, 9.17) is 9.47 Å². The van der Waals surface area contributed by atoms with Gasteiger partial charge < -0.3 is 14.6 Å². The van der Waals surface area contributed by atoms with Gasteiger partial charge in [-0.2, -0.15) is 0 Å². The van der Waals surface area contributed by atoms with E-state index in [1.165, 1.54) is 11.1 Å². The third-order valence-corrected chi connectivity index (χ3v) is 4.53. The normalized spacial score (nSPS) is 24.0. The first-order valence-corrected chi connectivity index (χ1v) is 8.75. The summed E-state index contributed by atoms with van der Waals surface area (Å²) in [5, 5.41) is 10.1. The monoisotopic (exact) mass is 326 g/mol. The molecule has 1 saturated carbocycles. The molecule has 1 N–H and O–H groups in total. The Morgan fingerprint density at radius 2 is 1.42 bits per heavy atom. The van der Waals surface area contributed by atoms with Gasteiger partial charge in [-0.3, -0.25) is 0 Å². The lowest BCUT2D eigenvalue weighted by Gasteiger charge is -2.32. The first kappa shape index (κ1) is 17.2. The molecule has 1 aliphatic carbocycles. The van der Waals surface area contributed by atoms with Gasteiger partial charge >= 0.3 is 0 Å². The summed E-state index contributed by atoms with van der Waals surface area (Å²) in [6.07, 6.45) is 2.31. The highest BCUT2D eigenvalue weighted by molar-refractivity contribution is 5.14. The number of rotatable bonds is 7. The molecule has 0 amide bonds. The fourth-order valence-electron chi connectivity index (χ4n) is 3.33. The van der Waals surface area contributed by atoms with Crippen molar-refractivity contribution < 1.29 is 14.6 Å². The van der Waals surface area contributed by atoms with Crippen molar-refractivity contribution in [3.05, 3.63) is 71.8 Å². The van der Waals surface area contributed by atoms with Crippen LogP contribution in [0.25, 0.3) is 0 Å². The van der Waals surface area contributed by atoms with Gasteiger partial charge in [0, 0.05) is 0 Å². The minimum atomic E-state index is -0.287. The number of aliphatic hydroxyl groups excluding tert-OH is 1. The van der Waals surface area contributed by atoms with E-state index in [9.17, 15) is 5.11 Å². The SMILES string of the molecule is OC1CC(COCc2ccccc2)CC(OCc2ccccc2)C1. The van der Waals surface area contributed by atoms with E-state index in [-0.39, 0.29) is 12.2 Å². The van der Waals surface area contributed by atoms with Crippen LogP contribution in [-0.4, -0.2) is 23.9 Å². The first-order valence-electron chi connectivity index (χ1n) is 8.75. The van der Waals surface area contributed by atoms with Crippen molar-refractivity contribution in [1.82, 2.24) is 0 Å². The minimum absolute atomic E-state index is 0.110. The van der Waals surface area contributed by atoms with Crippen LogP contribution in [0.4, 0.5) is 0 Å². The molecule has 2 aromatic carbocycles. The Morgan fingerprint density at radius 1 is 0.792 bits per heavy atom. The van der Waals surface area contributed by atoms with Crippen LogP contribution in [0.15, 0.2) is 60.7 Å². The maximum atomic E-state index is 10.1. The molecule has 1 fully saturated rings. The molecule has 0 radical (unpaired) electrons. The predicted molar refractivity (Wildman–Crippen MR) is 94.5 cm³/mol. The van der Waals surface area contributed by atoms with Crippen molar-refractivity contribution in [2.75, 3.05) is 6.61 Å². The minimum Gasteiger partial charge on any atom is -0.393 e. The van der Waals surface area contributed by atoms with Crippen LogP contribution in [0.5, 0.6) is 0 Å². The molecule has 3 unspecified atom stereocenters. The number of aliphatic hydroxyl groups is 1. The molecule has 3 nitrogen and oxygen atoms in total. The average Bonchev–Trinajstić information content (AvgIpc) is 2.61. The largest absolute Gasteiger partial charge is 0.393 e. The Bertz CT molecular complexity index is 585. The van der Waals surface area contributed by atoms with Gasteiger partial charge in [-0.1, -0.05) is 60.7 Å². The fourth-order valence-corrected chi connectivity index (χ4v) is 3.33. The van der Waals surface area contributed by atoms with Crippen LogP contribution in [0.3, 0.4) is 0 Å². The van der Waals surface area contributed by atoms with Gasteiger partial charge in [0.1, 0.15) is 0 Å². The molecule has 24 heavy (non-hydrogen) atoms. The van der Waals surface area contributed by atoms with Gasteiger partial charge in [-0.05, 0) is 36.3 Å². The van der Waals surface area contributed by atoms with Crippen LogP contribution in [0.1, 0.15) is 30.4 Å². The molecule has 0 heterocycles. The topological polar surface area (TPSA) is 38.7 Å². The van der Waals surface area contributed by atoms with Gasteiger partial charge in [0.05, 0.1) is 32.0 Å². The Kier molecular flexibility index (Phi) is 6.41. The average molecular weight is 326 g/mol. The van der Waals surface area contributed by atoms with Crippen LogP contribution < -0.4 is 0 Å². The molecule has 128 valence electrons. The summed E-state index contributed by atoms with van der Waals surface area (Å²) >= 11 is 0. The highest BCUT2D eigenvalue weighted by Crippen LogP contribution is 2.28. The van der Waals surface area contributed by atoms with Crippen molar-refractivity contribution >= 4 is 0 Å². The van der Waals surface area contributed by atoms with Crippen LogP contribution in [0, 0.1) is 5.92 Å². The van der Waals surface area contributed by atoms with Crippen molar-refractivity contribution in [3.8, 4) is 0 Å². The molecular formula is C21H26O3. The lowest BCUT2D eigenvalue weighted by molar-refractivity contribution is -0.0572. The van der Waals surface area contributed by atoms with Crippen molar-refractivity contribution in [2.45, 2.75) is 44.7 Å². The fraction of sp³-hybridized carbons (Fsp3) is 0.429. The second kappa shape index (κ2) is 8.97. The summed E-state index contributed by atoms with van der Waals surface area (Å²) in [6.45, 7) is 1.91. The third-order valence-electron chi connectivity index (χ3n) is 4.53. The number of benzene rings is 2. The van der Waals surface area contributed by atoms with Crippen molar-refractivity contribution in [1.29, 1.82) is 0 Å². The summed E-state index contributed by atoms with van der Waals surface area (Å²) in [5.41, 5.74) is 2.36. The Labute approximate surface area is 144 Å². The Hall–Kier alpha value is -1.68. The lowest BCUT2D eigenvalue weighted by atomic mass is 9.85. The molecule has 2 aromatic rings. The maximum absolute atomic E-state index is 10.1. The molecule has 0 bridgehead atoms. The highest BCUT2D eigenvalue weighted by Gasteiger charge is 2.28. The molecule has 0 aromatic heterocycles. The van der Waals surface area contributed by atoms with Crippen molar-refractivity contribution in [2.24, 2.45) is 5.92 Å². The molecule has 0 aliphatic heterocycles. The van der Waals surface area contributed by atoms with E-state index in [2.05, 4.69) is 24.3 Å². The smallest absolute Gasteiger partial charge is 0.0720 e. The summed E-state index contributed by atoms with van der Waals surface area (Å²) in [7, 11) is 0. The number of hydrogen-bond acceptors (Lipinski definition) is 3. The van der Waals surface area contributed by atoms with E-state index in [1.54, 1.807) is 0 Å². The Morgan fingerprint density at radius 3 is 2.08 bits per heavy atom. The molecule has 1 aliphatic rings. The van der Waals surface area contributed by atoms with E-state index >= 15 is 0 Å². The maximum Gasteiger partial charge on any atom is 0.0720 e. The van der Waals surface area contributed by atoms with Crippen LogP contribution in [0.2, 0.25) is 0 Å². The zero-order valence-electron chi connectivity index (χ0n) is 14.0. The quantitative estimate of drug-likeness (QED) is 0.837. The molecule has 0 saturated heterocycles. The van der Waals surface area contributed by atoms with Gasteiger partial charge in [-0.25, -0.2) is 0 Å². The van der Waals surface area contributed by atoms with Gasteiger partial charge in [-0.15, -0.1) is 0 Å². The standard InChI is InChI=1S/C21H26O3/c22-20-11-19(15-23-14-17-7-3-1-4-8-17)12-21(13-20)24-16-18-9-5-2-6-10-18/h1-10,19-22H,11-16H2. The summed E-state index contributed by atoms with van der Waals surface area (Å²) in [4.78, 5) is 0. The molecule has 3 heteroatoms. The predicted octanol–water partition coefficient (Wildman–Crippen LogP) is 3.95. The first-order chi connectivity index (χ1) is 11.8. The van der Waals surface area contributed by atoms with E-state index in [0.717, 1.165) is 19.3 Å². The van der Waals surface area contributed by atoms with Crippen LogP contribution in [-0.2, 0) is 22.7 Å². The van der Waals surface area contributed by atoms with Crippen LogP contribution >= 0.6 is 0 Å². The van der Waals surface area contributed by atoms with E-state index in [0.29, 0.717) is 25.7 Å². The van der Waals surface area contributed by atoms with Gasteiger partial charge in [0.2, 0.25) is 0 Å². The molecule has 0 spiro atoms. The highest BCUT2D eigenvalue weighted by atomic mass is 16.5. The molecule has 3 atom stereocenters. The molecular weight excluding hydrogens is 300 g/mol. The van der Waals surface area contributed by atoms with E-state index in [1.807, 2.05) is 36.4 Å². The third kappa shape index (κ3) is 5.45. The zero-order chi connectivity index (χ0) is 16.6. The van der Waals surface area contributed by atoms with Crippen molar-refractivity contribution in [3.63, 3.8) is 0 Å². The summed E-state index contributed by atoms with van der Waals surface area (Å²) in [5.74, 6) is 0.359. The zero-order valence-corrected chi connectivity index (χ0v) is 14.0. The summed E-state index contributed by atoms with van der Waals surface area (Å²) in [6, 6.07) is 20.4. The van der Waals surface area contributed by atoms with Gasteiger partial charge in [0.15, 0.2) is 0 Å². The number of ether oxygens (including phenoxy) is 2. The number of hydrogen-bond donors (Lipinski definition) is 1. The van der Waals surface area contributed by atoms with Gasteiger partial charge in [0.25, 0.3) is 0 Å². The second-order valence-corrected chi connectivity index (χ2v) is 6.65. The Balaban J connectivity index is 1.43. The lowest BCUT2D eigenvalue weighted by Crippen LogP contribution is -2.33. The molecule has 3 rings (SSSR count). The van der Waals surface area contributed by atoms with E-state index < -0.39 is 0 Å².